The van der Waals surface area contributed by atoms with E-state index in [1.165, 1.54) is 0 Å². The molecule has 0 spiro atoms. The van der Waals surface area contributed by atoms with Gasteiger partial charge in [-0.3, -0.25) is 9.59 Å². The lowest BCUT2D eigenvalue weighted by Gasteiger charge is -1.96. The number of hydrogen-bond acceptors (Lipinski definition) is 4. The normalized spacial score (nSPS) is 51.5. The van der Waals surface area contributed by atoms with Gasteiger partial charge in [-0.05, 0) is 6.40 Å². The monoisotopic (exact) mass is 162 g/mol. The van der Waals surface area contributed by atoms with Crippen molar-refractivity contribution >= 4 is 11.9 Å². The average Bonchev–Trinajstić information content (AvgIpc) is 2.65. The molecule has 4 nitrogen and oxygen atoms in total. The van der Waals surface area contributed by atoms with Crippen molar-refractivity contribution in [1.29, 1.82) is 0 Å². The Kier molecular flexibility index (Phi) is 1.25. The molecule has 2 atom stereocenters. The van der Waals surface area contributed by atoms with Gasteiger partial charge in [-0.15, -0.1) is 0 Å². The van der Waals surface area contributed by atoms with Crippen LogP contribution in [0.2, 0.25) is 0 Å². The lowest BCUT2D eigenvalue weighted by Crippen LogP contribution is -2.10. The Hall–Kier alpha value is -1.06. The summed E-state index contributed by atoms with van der Waals surface area (Å²) in [6, 6.07) is 0. The van der Waals surface area contributed by atoms with E-state index in [1.807, 2.05) is 0 Å². The highest BCUT2D eigenvalue weighted by atomic mass is 16.5. The Labute approximate surface area is 68.7 Å². The van der Waals surface area contributed by atoms with Crippen LogP contribution in [0.5, 0.6) is 0 Å². The van der Waals surface area contributed by atoms with E-state index in [1.54, 1.807) is 0 Å². The molecule has 1 fully saturated rings. The fourth-order valence-electron chi connectivity index (χ4n) is 0.666. The molecule has 0 N–H and O–H groups in total. The van der Waals surface area contributed by atoms with Crippen molar-refractivity contribution in [2.24, 2.45) is 11.8 Å². The SMILES string of the molecule is [2H][13CH]1[C@@]([2H])(C(=O)OC)[C@]1([2H])C(=O)OC. The molecule has 4 heteroatoms. The quantitative estimate of drug-likeness (QED) is 0.422. The second-order valence-corrected chi connectivity index (χ2v) is 1.95. The van der Waals surface area contributed by atoms with E-state index >= 15 is 0 Å². The summed E-state index contributed by atoms with van der Waals surface area (Å²) in [5.74, 6) is -6.43. The lowest BCUT2D eigenvalue weighted by molar-refractivity contribution is -0.148. The van der Waals surface area contributed by atoms with Gasteiger partial charge in [0, 0.05) is 4.11 Å². The molecule has 11 heavy (non-hydrogen) atoms. The third kappa shape index (κ3) is 1.50. The summed E-state index contributed by atoms with van der Waals surface area (Å²) >= 11 is 0. The Bertz CT molecular complexity index is 267. The van der Waals surface area contributed by atoms with Crippen molar-refractivity contribution in [3.05, 3.63) is 0 Å². The third-order valence-corrected chi connectivity index (χ3v) is 1.31. The van der Waals surface area contributed by atoms with E-state index in [-0.39, 0.29) is 0 Å². The Balaban J connectivity index is 2.98. The molecule has 1 rings (SSSR count). The smallest absolute Gasteiger partial charge is 0.309 e. The highest BCUT2D eigenvalue weighted by Crippen LogP contribution is 2.40. The molecule has 0 radical (unpaired) electrons. The largest absolute Gasteiger partial charge is 0.469 e. The molecule has 0 unspecified atom stereocenters. The van der Waals surface area contributed by atoms with Crippen LogP contribution in [-0.4, -0.2) is 26.2 Å². The Morgan fingerprint density at radius 3 is 2.00 bits per heavy atom. The van der Waals surface area contributed by atoms with Gasteiger partial charge in [-0.1, -0.05) is 0 Å². The molecule has 0 bridgehead atoms. The summed E-state index contributed by atoms with van der Waals surface area (Å²) in [5, 5.41) is 0. The van der Waals surface area contributed by atoms with Crippen LogP contribution in [0.1, 0.15) is 10.5 Å². The number of carbonyl (C=O) groups excluding carboxylic acids is 2. The van der Waals surface area contributed by atoms with E-state index in [9.17, 15) is 9.59 Å². The zero-order chi connectivity index (χ0) is 11.1. The summed E-state index contributed by atoms with van der Waals surface area (Å²) in [5.41, 5.74) is 0. The molecule has 1 aliphatic rings. The Morgan fingerprint density at radius 1 is 1.36 bits per heavy atom. The number of methoxy groups -OCH3 is 2. The molecule has 0 amide bonds. The first kappa shape index (κ1) is 4.74. The van der Waals surface area contributed by atoms with Crippen LogP contribution in [-0.2, 0) is 19.1 Å². The van der Waals surface area contributed by atoms with Crippen LogP contribution in [0.15, 0.2) is 0 Å². The van der Waals surface area contributed by atoms with E-state index in [4.69, 9.17) is 4.11 Å². The van der Waals surface area contributed by atoms with Crippen LogP contribution in [0.25, 0.3) is 0 Å². The minimum absolute atomic E-state index is 1.04. The molecule has 1 aliphatic carbocycles. The van der Waals surface area contributed by atoms with Crippen molar-refractivity contribution in [3.63, 3.8) is 0 Å². The maximum absolute atomic E-state index is 11.1. The summed E-state index contributed by atoms with van der Waals surface area (Å²) < 4.78 is 30.8. The third-order valence-electron chi connectivity index (χ3n) is 1.31. The second kappa shape index (κ2) is 2.90. The van der Waals surface area contributed by atoms with Gasteiger partial charge < -0.3 is 9.47 Å². The molecule has 0 aromatic rings. The van der Waals surface area contributed by atoms with Gasteiger partial charge in [0.1, 0.15) is 0 Å². The lowest BCUT2D eigenvalue weighted by atomic mass is 10.3. The number of rotatable bonds is 2. The molecular weight excluding hydrogens is 149 g/mol. The van der Waals surface area contributed by atoms with E-state index in [0.717, 1.165) is 14.2 Å². The average molecular weight is 162 g/mol. The predicted molar refractivity (Wildman–Crippen MR) is 35.6 cm³/mol. The fraction of sp³-hybridized carbons (Fsp3) is 0.714. The molecular formula is C7H10O4. The topological polar surface area (TPSA) is 52.6 Å². The van der Waals surface area contributed by atoms with E-state index < -0.39 is 30.1 Å². The Morgan fingerprint density at radius 2 is 1.73 bits per heavy atom. The van der Waals surface area contributed by atoms with Crippen LogP contribution in [0.3, 0.4) is 0 Å². The standard InChI is InChI=1S/C7H10O4/c1-10-6(8)4-3-5(4)7(9)11-2/h4-5H,3H2,1-2H3/t4-,5-/m1/s1/i3+1D,4D,5D. The van der Waals surface area contributed by atoms with Gasteiger partial charge in [0.15, 0.2) is 0 Å². The molecule has 0 aliphatic heterocycles. The zero-order valence-electron chi connectivity index (χ0n) is 9.21. The zero-order valence-corrected chi connectivity index (χ0v) is 6.21. The molecule has 0 aromatic heterocycles. The summed E-state index contributed by atoms with van der Waals surface area (Å²) in [4.78, 5) is 22.2. The van der Waals surface area contributed by atoms with Crippen LogP contribution in [0.4, 0.5) is 0 Å². The van der Waals surface area contributed by atoms with Gasteiger partial charge in [0.2, 0.25) is 0 Å². The number of carbonyl (C=O) groups is 2. The first-order valence-electron chi connectivity index (χ1n) is 4.54. The molecule has 0 heterocycles. The number of ether oxygens (including phenoxy) is 2. The van der Waals surface area contributed by atoms with Gasteiger partial charge in [-0.25, -0.2) is 0 Å². The first-order valence-corrected chi connectivity index (χ1v) is 2.96. The highest BCUT2D eigenvalue weighted by Gasteiger charge is 2.49. The van der Waals surface area contributed by atoms with Gasteiger partial charge in [0.25, 0.3) is 0 Å². The minimum atomic E-state index is -2.16. The van der Waals surface area contributed by atoms with Crippen LogP contribution in [0, 0.1) is 11.8 Å². The van der Waals surface area contributed by atoms with Crippen LogP contribution < -0.4 is 0 Å². The van der Waals surface area contributed by atoms with Gasteiger partial charge in [-0.2, -0.15) is 0 Å². The molecule has 1 saturated carbocycles. The molecule has 0 saturated heterocycles. The first-order chi connectivity index (χ1) is 6.37. The van der Waals surface area contributed by atoms with Crippen molar-refractivity contribution < 1.29 is 23.2 Å². The maximum atomic E-state index is 11.1. The van der Waals surface area contributed by atoms with Crippen molar-refractivity contribution in [2.45, 2.75) is 6.40 Å². The van der Waals surface area contributed by atoms with E-state index in [2.05, 4.69) is 9.47 Å². The maximum Gasteiger partial charge on any atom is 0.309 e. The van der Waals surface area contributed by atoms with Crippen LogP contribution >= 0.6 is 0 Å². The number of hydrogen-bond donors (Lipinski definition) is 0. The summed E-state index contributed by atoms with van der Waals surface area (Å²) in [6.45, 7) is 0. The van der Waals surface area contributed by atoms with Crippen molar-refractivity contribution in [2.75, 3.05) is 14.2 Å². The minimum Gasteiger partial charge on any atom is -0.469 e. The van der Waals surface area contributed by atoms with Gasteiger partial charge >= 0.3 is 11.9 Å². The number of esters is 2. The molecule has 62 valence electrons. The van der Waals surface area contributed by atoms with Crippen molar-refractivity contribution in [3.8, 4) is 0 Å². The van der Waals surface area contributed by atoms with E-state index in [0.29, 0.717) is 0 Å². The predicted octanol–water partition coefficient (Wildman–Crippen LogP) is -0.0315. The fourth-order valence-corrected chi connectivity index (χ4v) is 0.666. The summed E-state index contributed by atoms with van der Waals surface area (Å²) in [6.07, 6.45) is -1.46. The van der Waals surface area contributed by atoms with Crippen molar-refractivity contribution in [1.82, 2.24) is 0 Å². The molecule has 0 aromatic carbocycles. The summed E-state index contributed by atoms with van der Waals surface area (Å²) in [7, 11) is 2.09. The van der Waals surface area contributed by atoms with Gasteiger partial charge in [0.05, 0.1) is 26.0 Å². The second-order valence-electron chi connectivity index (χ2n) is 1.95. The highest BCUT2D eigenvalue weighted by molar-refractivity contribution is 5.87.